The molecule has 0 unspecified atom stereocenters. The fourth-order valence-electron chi connectivity index (χ4n) is 3.62. The van der Waals surface area contributed by atoms with E-state index < -0.39 is 6.61 Å². The number of benzene rings is 1. The molecule has 0 saturated carbocycles. The maximum atomic E-state index is 12.3. The van der Waals surface area contributed by atoms with Gasteiger partial charge in [-0.2, -0.15) is 8.78 Å². The summed E-state index contributed by atoms with van der Waals surface area (Å²) >= 11 is 0. The van der Waals surface area contributed by atoms with Gasteiger partial charge >= 0.3 is 6.61 Å². The van der Waals surface area contributed by atoms with E-state index in [0.29, 0.717) is 12.0 Å². The van der Waals surface area contributed by atoms with Crippen molar-refractivity contribution in [2.24, 2.45) is 5.92 Å². The number of hydrogen-bond donors (Lipinski definition) is 1. The van der Waals surface area contributed by atoms with Crippen LogP contribution in [-0.2, 0) is 4.74 Å². The molecule has 0 aromatic heterocycles. The fourth-order valence-corrected chi connectivity index (χ4v) is 3.62. The van der Waals surface area contributed by atoms with Crippen molar-refractivity contribution in [3.63, 3.8) is 0 Å². The van der Waals surface area contributed by atoms with Crippen molar-refractivity contribution in [2.75, 3.05) is 39.4 Å². The highest BCUT2D eigenvalue weighted by atomic mass is 19.3. The summed E-state index contributed by atoms with van der Waals surface area (Å²) in [5.41, 5.74) is 1.18. The zero-order valence-corrected chi connectivity index (χ0v) is 13.2. The van der Waals surface area contributed by atoms with Crippen molar-refractivity contribution in [2.45, 2.75) is 25.5 Å². The highest BCUT2D eigenvalue weighted by Gasteiger charge is 2.31. The second-order valence-electron chi connectivity index (χ2n) is 6.13. The quantitative estimate of drug-likeness (QED) is 0.902. The Morgan fingerprint density at radius 1 is 1.09 bits per heavy atom. The third-order valence-corrected chi connectivity index (χ3v) is 4.70. The van der Waals surface area contributed by atoms with Gasteiger partial charge in [0.15, 0.2) is 0 Å². The van der Waals surface area contributed by atoms with E-state index in [1.54, 1.807) is 12.1 Å². The Morgan fingerprint density at radius 3 is 2.35 bits per heavy atom. The van der Waals surface area contributed by atoms with Crippen LogP contribution in [0.2, 0.25) is 0 Å². The van der Waals surface area contributed by atoms with Crippen LogP contribution in [0.25, 0.3) is 0 Å². The normalized spacial score (nSPS) is 22.2. The second-order valence-corrected chi connectivity index (χ2v) is 6.13. The first-order valence-corrected chi connectivity index (χ1v) is 8.31. The molecule has 2 aliphatic heterocycles. The van der Waals surface area contributed by atoms with Gasteiger partial charge in [0.1, 0.15) is 5.75 Å². The minimum absolute atomic E-state index is 0.217. The molecule has 4 nitrogen and oxygen atoms in total. The molecule has 0 amide bonds. The van der Waals surface area contributed by atoms with Crippen molar-refractivity contribution < 1.29 is 18.3 Å². The molecule has 0 bridgehead atoms. The van der Waals surface area contributed by atoms with Crippen molar-refractivity contribution >= 4 is 0 Å². The van der Waals surface area contributed by atoms with Gasteiger partial charge in [-0.1, -0.05) is 12.1 Å². The highest BCUT2D eigenvalue weighted by molar-refractivity contribution is 5.30. The number of ether oxygens (including phenoxy) is 2. The van der Waals surface area contributed by atoms with Gasteiger partial charge in [0.2, 0.25) is 0 Å². The van der Waals surface area contributed by atoms with Gasteiger partial charge in [-0.15, -0.1) is 0 Å². The SMILES string of the molecule is FC(F)Oc1ccc([C@H](C2CCOCC2)N2CCNCC2)cc1. The Balaban J connectivity index is 1.78. The Kier molecular flexibility index (Phi) is 5.80. The van der Waals surface area contributed by atoms with Gasteiger partial charge in [0.05, 0.1) is 0 Å². The van der Waals surface area contributed by atoms with Crippen LogP contribution in [0.4, 0.5) is 8.78 Å². The number of rotatable bonds is 5. The molecule has 3 rings (SSSR count). The summed E-state index contributed by atoms with van der Waals surface area (Å²) in [6.07, 6.45) is 2.09. The fraction of sp³-hybridized carbons (Fsp3) is 0.647. The summed E-state index contributed by atoms with van der Waals surface area (Å²) in [4.78, 5) is 2.51. The molecule has 1 aromatic rings. The molecule has 0 aliphatic carbocycles. The molecule has 2 fully saturated rings. The monoisotopic (exact) mass is 326 g/mol. The number of nitrogens with zero attached hydrogens (tertiary/aromatic N) is 1. The Hall–Kier alpha value is -1.24. The lowest BCUT2D eigenvalue weighted by atomic mass is 9.85. The summed E-state index contributed by atoms with van der Waals surface area (Å²) in [6, 6.07) is 7.48. The molecular weight excluding hydrogens is 302 g/mol. The molecule has 23 heavy (non-hydrogen) atoms. The molecule has 1 N–H and O–H groups in total. The molecule has 2 aliphatic rings. The van der Waals surface area contributed by atoms with Gasteiger partial charge in [-0.05, 0) is 36.5 Å². The largest absolute Gasteiger partial charge is 0.435 e. The van der Waals surface area contributed by atoms with E-state index in [2.05, 4.69) is 15.0 Å². The van der Waals surface area contributed by atoms with Crippen LogP contribution in [0.3, 0.4) is 0 Å². The lowest BCUT2D eigenvalue weighted by molar-refractivity contribution is -0.0498. The molecule has 2 saturated heterocycles. The first-order chi connectivity index (χ1) is 11.2. The van der Waals surface area contributed by atoms with E-state index in [1.165, 1.54) is 5.56 Å². The maximum absolute atomic E-state index is 12.3. The van der Waals surface area contributed by atoms with E-state index in [1.807, 2.05) is 12.1 Å². The standard InChI is InChI=1S/C17H24F2N2O2/c18-17(19)23-15-3-1-13(2-4-15)16(14-5-11-22-12-6-14)21-9-7-20-8-10-21/h1-4,14,16-17,20H,5-12H2/t16-/m1/s1. The van der Waals surface area contributed by atoms with Crippen LogP contribution < -0.4 is 10.1 Å². The number of nitrogens with one attached hydrogen (secondary N) is 1. The molecule has 6 heteroatoms. The molecule has 2 heterocycles. The van der Waals surface area contributed by atoms with Crippen molar-refractivity contribution in [3.05, 3.63) is 29.8 Å². The van der Waals surface area contributed by atoms with Crippen LogP contribution in [0.5, 0.6) is 5.75 Å². The Bertz CT molecular complexity index is 454. The average Bonchev–Trinajstić information content (AvgIpc) is 2.58. The minimum Gasteiger partial charge on any atom is -0.435 e. The van der Waals surface area contributed by atoms with Crippen LogP contribution in [0, 0.1) is 5.92 Å². The van der Waals surface area contributed by atoms with Crippen molar-refractivity contribution in [3.8, 4) is 5.75 Å². The summed E-state index contributed by atoms with van der Waals surface area (Å²) in [7, 11) is 0. The van der Waals surface area contributed by atoms with Crippen LogP contribution in [0.15, 0.2) is 24.3 Å². The molecule has 1 aromatic carbocycles. The zero-order chi connectivity index (χ0) is 16.1. The van der Waals surface area contributed by atoms with Gasteiger partial charge in [0.25, 0.3) is 0 Å². The maximum Gasteiger partial charge on any atom is 0.387 e. The smallest absolute Gasteiger partial charge is 0.387 e. The van der Waals surface area contributed by atoms with Gasteiger partial charge in [0, 0.05) is 45.4 Å². The van der Waals surface area contributed by atoms with Crippen molar-refractivity contribution in [1.29, 1.82) is 0 Å². The third kappa shape index (κ3) is 4.40. The zero-order valence-electron chi connectivity index (χ0n) is 13.2. The van der Waals surface area contributed by atoms with Crippen molar-refractivity contribution in [1.82, 2.24) is 10.2 Å². The number of hydrogen-bond acceptors (Lipinski definition) is 4. The lowest BCUT2D eigenvalue weighted by Gasteiger charge is -2.41. The predicted molar refractivity (Wildman–Crippen MR) is 83.8 cm³/mol. The van der Waals surface area contributed by atoms with Gasteiger partial charge in [-0.25, -0.2) is 0 Å². The van der Waals surface area contributed by atoms with E-state index >= 15 is 0 Å². The van der Waals surface area contributed by atoms with Gasteiger partial charge in [-0.3, -0.25) is 4.90 Å². The first-order valence-electron chi connectivity index (χ1n) is 8.31. The second kappa shape index (κ2) is 8.04. The number of alkyl halides is 2. The van der Waals surface area contributed by atoms with Crippen LogP contribution in [0.1, 0.15) is 24.4 Å². The van der Waals surface area contributed by atoms with E-state index in [9.17, 15) is 8.78 Å². The first kappa shape index (κ1) is 16.6. The summed E-state index contributed by atoms with van der Waals surface area (Å²) < 4.78 is 34.6. The molecule has 1 atom stereocenters. The van der Waals surface area contributed by atoms with E-state index in [-0.39, 0.29) is 5.75 Å². The minimum atomic E-state index is -2.78. The predicted octanol–water partition coefficient (Wildman–Crippen LogP) is 2.66. The Labute approximate surface area is 135 Å². The molecule has 0 radical (unpaired) electrons. The highest BCUT2D eigenvalue weighted by Crippen LogP contribution is 2.36. The Morgan fingerprint density at radius 2 is 1.74 bits per heavy atom. The number of piperazine rings is 1. The summed E-state index contributed by atoms with van der Waals surface area (Å²) in [6.45, 7) is 2.84. The average molecular weight is 326 g/mol. The van der Waals surface area contributed by atoms with E-state index in [4.69, 9.17) is 4.74 Å². The van der Waals surface area contributed by atoms with Gasteiger partial charge < -0.3 is 14.8 Å². The lowest BCUT2D eigenvalue weighted by Crippen LogP contribution is -2.47. The summed E-state index contributed by atoms with van der Waals surface area (Å²) in [5, 5.41) is 3.38. The number of halogens is 2. The molecule has 128 valence electrons. The van der Waals surface area contributed by atoms with Crippen LogP contribution in [-0.4, -0.2) is 50.9 Å². The molecule has 0 spiro atoms. The topological polar surface area (TPSA) is 33.7 Å². The third-order valence-electron chi connectivity index (χ3n) is 4.70. The van der Waals surface area contributed by atoms with Crippen LogP contribution >= 0.6 is 0 Å². The summed E-state index contributed by atoms with van der Waals surface area (Å²) in [5.74, 6) is 0.763. The van der Waals surface area contributed by atoms with E-state index in [0.717, 1.165) is 52.2 Å². The molecular formula is C17H24F2N2O2.